The number of benzene rings is 1. The van der Waals surface area contributed by atoms with Gasteiger partial charge in [0.2, 0.25) is 0 Å². The first-order chi connectivity index (χ1) is 9.80. The van der Waals surface area contributed by atoms with Gasteiger partial charge >= 0.3 is 0 Å². The molecule has 1 aromatic rings. The van der Waals surface area contributed by atoms with Crippen molar-refractivity contribution in [2.24, 2.45) is 11.7 Å². The van der Waals surface area contributed by atoms with Crippen molar-refractivity contribution in [3.05, 3.63) is 35.9 Å². The molecule has 110 valence electrons. The van der Waals surface area contributed by atoms with Crippen LogP contribution >= 0.6 is 0 Å². The standard InChI is InChI=1S/C17H26N2O/c1-20-13-17(12-18,16-7-8-16)19-10-9-15(11-19)14-5-3-2-4-6-14/h2-6,15-16H,7-13,18H2,1H3. The molecule has 0 spiro atoms. The molecular weight excluding hydrogens is 248 g/mol. The number of methoxy groups -OCH3 is 1. The summed E-state index contributed by atoms with van der Waals surface area (Å²) in [5.74, 6) is 1.39. The van der Waals surface area contributed by atoms with Crippen molar-refractivity contribution >= 4 is 0 Å². The van der Waals surface area contributed by atoms with E-state index in [1.54, 1.807) is 7.11 Å². The zero-order valence-electron chi connectivity index (χ0n) is 12.4. The van der Waals surface area contributed by atoms with E-state index in [0.29, 0.717) is 12.5 Å². The molecule has 3 nitrogen and oxygen atoms in total. The molecule has 2 N–H and O–H groups in total. The van der Waals surface area contributed by atoms with Gasteiger partial charge in [-0.15, -0.1) is 0 Å². The third-order valence-electron chi connectivity index (χ3n) is 5.17. The largest absolute Gasteiger partial charge is 0.383 e. The summed E-state index contributed by atoms with van der Waals surface area (Å²) in [7, 11) is 1.80. The third kappa shape index (κ3) is 2.50. The Morgan fingerprint density at radius 1 is 1.25 bits per heavy atom. The van der Waals surface area contributed by atoms with Crippen LogP contribution in [0.15, 0.2) is 30.3 Å². The van der Waals surface area contributed by atoms with Crippen LogP contribution in [0, 0.1) is 5.92 Å². The molecule has 3 heteroatoms. The monoisotopic (exact) mass is 274 g/mol. The second-order valence-electron chi connectivity index (χ2n) is 6.36. The summed E-state index contributed by atoms with van der Waals surface area (Å²) in [4.78, 5) is 2.62. The van der Waals surface area contributed by atoms with E-state index in [-0.39, 0.29) is 5.54 Å². The smallest absolute Gasteiger partial charge is 0.0661 e. The van der Waals surface area contributed by atoms with Gasteiger partial charge < -0.3 is 10.5 Å². The Kier molecular flexibility index (Phi) is 4.11. The van der Waals surface area contributed by atoms with Gasteiger partial charge in [-0.3, -0.25) is 4.90 Å². The molecule has 0 radical (unpaired) electrons. The molecule has 3 rings (SSSR count). The number of nitrogens with two attached hydrogens (primary N) is 1. The predicted molar refractivity (Wildman–Crippen MR) is 81.8 cm³/mol. The average Bonchev–Trinajstić information content (AvgIpc) is 3.23. The van der Waals surface area contributed by atoms with Crippen LogP contribution in [0.4, 0.5) is 0 Å². The maximum absolute atomic E-state index is 6.18. The lowest BCUT2D eigenvalue weighted by Crippen LogP contribution is -2.57. The summed E-state index contributed by atoms with van der Waals surface area (Å²) in [6.45, 7) is 3.76. The van der Waals surface area contributed by atoms with Gasteiger partial charge in [-0.05, 0) is 43.2 Å². The normalized spacial score (nSPS) is 26.6. The van der Waals surface area contributed by atoms with E-state index in [1.807, 2.05) is 0 Å². The lowest BCUT2D eigenvalue weighted by molar-refractivity contribution is 0.0127. The van der Waals surface area contributed by atoms with Crippen LogP contribution in [0.3, 0.4) is 0 Å². The first-order valence-electron chi connectivity index (χ1n) is 7.79. The molecule has 2 unspecified atom stereocenters. The molecule has 2 atom stereocenters. The zero-order chi connectivity index (χ0) is 14.0. The van der Waals surface area contributed by atoms with Gasteiger partial charge in [-0.2, -0.15) is 0 Å². The Morgan fingerprint density at radius 3 is 2.60 bits per heavy atom. The van der Waals surface area contributed by atoms with Crippen molar-refractivity contribution in [3.8, 4) is 0 Å². The van der Waals surface area contributed by atoms with Crippen molar-refractivity contribution in [1.29, 1.82) is 0 Å². The van der Waals surface area contributed by atoms with E-state index in [9.17, 15) is 0 Å². The summed E-state index contributed by atoms with van der Waals surface area (Å²) in [6.07, 6.45) is 3.86. The van der Waals surface area contributed by atoms with Gasteiger partial charge in [-0.25, -0.2) is 0 Å². The number of hydrogen-bond acceptors (Lipinski definition) is 3. The highest BCUT2D eigenvalue weighted by molar-refractivity contribution is 5.22. The molecule has 20 heavy (non-hydrogen) atoms. The number of nitrogens with zero attached hydrogens (tertiary/aromatic N) is 1. The number of rotatable bonds is 6. The lowest BCUT2D eigenvalue weighted by Gasteiger charge is -2.41. The minimum absolute atomic E-state index is 0.0816. The Hall–Kier alpha value is -0.900. The van der Waals surface area contributed by atoms with E-state index in [0.717, 1.165) is 25.6 Å². The van der Waals surface area contributed by atoms with Crippen LogP contribution in [0.1, 0.15) is 30.7 Å². The Morgan fingerprint density at radius 2 is 2.00 bits per heavy atom. The minimum atomic E-state index is 0.0816. The number of ether oxygens (including phenoxy) is 1. The third-order valence-corrected chi connectivity index (χ3v) is 5.17. The van der Waals surface area contributed by atoms with Crippen LogP contribution in [0.2, 0.25) is 0 Å². The van der Waals surface area contributed by atoms with E-state index in [4.69, 9.17) is 10.5 Å². The highest BCUT2D eigenvalue weighted by atomic mass is 16.5. The average molecular weight is 274 g/mol. The summed E-state index contributed by atoms with van der Waals surface area (Å²) in [6, 6.07) is 10.9. The minimum Gasteiger partial charge on any atom is -0.383 e. The number of likely N-dealkylation sites (tertiary alicyclic amines) is 1. The van der Waals surface area contributed by atoms with Crippen molar-refractivity contribution in [1.82, 2.24) is 4.90 Å². The highest BCUT2D eigenvalue weighted by Gasteiger charge is 2.50. The number of hydrogen-bond donors (Lipinski definition) is 1. The van der Waals surface area contributed by atoms with Gasteiger partial charge in [-0.1, -0.05) is 30.3 Å². The van der Waals surface area contributed by atoms with Crippen molar-refractivity contribution < 1.29 is 4.74 Å². The predicted octanol–water partition coefficient (Wildman–Crippen LogP) is 2.23. The Balaban J connectivity index is 1.74. The maximum Gasteiger partial charge on any atom is 0.0661 e. The molecule has 0 aromatic heterocycles. The molecule has 1 aliphatic carbocycles. The van der Waals surface area contributed by atoms with E-state index < -0.39 is 0 Å². The first-order valence-corrected chi connectivity index (χ1v) is 7.79. The van der Waals surface area contributed by atoms with Gasteiger partial charge in [0, 0.05) is 20.2 Å². The van der Waals surface area contributed by atoms with Crippen LogP contribution in [-0.4, -0.2) is 43.8 Å². The molecule has 1 saturated heterocycles. The zero-order valence-corrected chi connectivity index (χ0v) is 12.4. The van der Waals surface area contributed by atoms with Gasteiger partial charge in [0.25, 0.3) is 0 Å². The fourth-order valence-electron chi connectivity index (χ4n) is 3.85. The summed E-state index contributed by atoms with van der Waals surface area (Å²) in [5.41, 5.74) is 7.73. The maximum atomic E-state index is 6.18. The fourth-order valence-corrected chi connectivity index (χ4v) is 3.85. The molecule has 1 heterocycles. The second-order valence-corrected chi connectivity index (χ2v) is 6.36. The quantitative estimate of drug-likeness (QED) is 0.864. The van der Waals surface area contributed by atoms with E-state index in [2.05, 4.69) is 35.2 Å². The molecular formula is C17H26N2O. The van der Waals surface area contributed by atoms with Crippen LogP contribution in [0.5, 0.6) is 0 Å². The Bertz CT molecular complexity index is 432. The summed E-state index contributed by atoms with van der Waals surface area (Å²) >= 11 is 0. The summed E-state index contributed by atoms with van der Waals surface area (Å²) < 4.78 is 5.53. The van der Waals surface area contributed by atoms with Gasteiger partial charge in [0.15, 0.2) is 0 Å². The lowest BCUT2D eigenvalue weighted by atomic mass is 9.91. The summed E-state index contributed by atoms with van der Waals surface area (Å²) in [5, 5.41) is 0. The molecule has 2 fully saturated rings. The van der Waals surface area contributed by atoms with E-state index >= 15 is 0 Å². The molecule has 0 bridgehead atoms. The molecule has 1 saturated carbocycles. The SMILES string of the molecule is COCC(CN)(C1CC1)N1CCC(c2ccccc2)C1. The molecule has 2 aliphatic rings. The highest BCUT2D eigenvalue weighted by Crippen LogP contribution is 2.45. The first kappa shape index (κ1) is 14.1. The van der Waals surface area contributed by atoms with Crippen LogP contribution < -0.4 is 5.73 Å². The van der Waals surface area contributed by atoms with E-state index in [1.165, 1.54) is 24.8 Å². The second kappa shape index (κ2) is 5.84. The van der Waals surface area contributed by atoms with Gasteiger partial charge in [0.1, 0.15) is 0 Å². The fraction of sp³-hybridized carbons (Fsp3) is 0.647. The molecule has 1 aliphatic heterocycles. The topological polar surface area (TPSA) is 38.5 Å². The van der Waals surface area contributed by atoms with Crippen LogP contribution in [-0.2, 0) is 4.74 Å². The van der Waals surface area contributed by atoms with Crippen LogP contribution in [0.25, 0.3) is 0 Å². The Labute approximate surface area is 122 Å². The van der Waals surface area contributed by atoms with Crippen molar-refractivity contribution in [2.75, 3.05) is 33.4 Å². The van der Waals surface area contributed by atoms with Crippen molar-refractivity contribution in [3.63, 3.8) is 0 Å². The van der Waals surface area contributed by atoms with Crippen molar-refractivity contribution in [2.45, 2.75) is 30.7 Å². The van der Waals surface area contributed by atoms with Gasteiger partial charge in [0.05, 0.1) is 12.1 Å². The molecule has 1 aromatic carbocycles. The molecule has 0 amide bonds.